The average molecular weight is 778 g/mol. The van der Waals surface area contributed by atoms with E-state index in [9.17, 15) is 17.6 Å². The Labute approximate surface area is 269 Å². The van der Waals surface area contributed by atoms with Crippen molar-refractivity contribution in [1.29, 1.82) is 0 Å². The molecule has 0 radical (unpaired) electrons. The second-order valence-electron chi connectivity index (χ2n) is 12.5. The summed E-state index contributed by atoms with van der Waals surface area (Å²) in [6.45, 7) is 12.8. The molecule has 0 saturated heterocycles. The Hall–Kier alpha value is -3.77. The summed E-state index contributed by atoms with van der Waals surface area (Å²) in [5.74, 6) is -4.60. The van der Waals surface area contributed by atoms with Gasteiger partial charge >= 0.3 is 21.1 Å². The summed E-state index contributed by atoms with van der Waals surface area (Å²) in [6, 6.07) is 23.7. The molecule has 5 aromatic rings. The minimum absolute atomic E-state index is 0. The van der Waals surface area contributed by atoms with Crippen LogP contribution < -0.4 is 0 Å². The van der Waals surface area contributed by atoms with Crippen LogP contribution in [0.4, 0.5) is 17.6 Å². The maximum absolute atomic E-state index is 14.7. The molecule has 228 valence electrons. The van der Waals surface area contributed by atoms with Gasteiger partial charge in [-0.05, 0) is 51.0 Å². The Morgan fingerprint density at radius 3 is 1.36 bits per heavy atom. The number of halogens is 4. The number of hydrogen-bond acceptors (Lipinski definition) is 4. The molecule has 0 fully saturated rings. The monoisotopic (exact) mass is 777 g/mol. The molecule has 4 nitrogen and oxygen atoms in total. The first kappa shape index (κ1) is 33.1. The van der Waals surface area contributed by atoms with Crippen LogP contribution in [-0.4, -0.2) is 19.9 Å². The maximum atomic E-state index is 14.7. The van der Waals surface area contributed by atoms with E-state index in [4.69, 9.17) is 9.97 Å². The first-order chi connectivity index (χ1) is 20.2. The molecule has 1 aromatic carbocycles. The molecule has 0 spiro atoms. The predicted molar refractivity (Wildman–Crippen MR) is 157 cm³/mol. The van der Waals surface area contributed by atoms with Gasteiger partial charge in [-0.15, -0.1) is 12.1 Å². The molecule has 0 saturated carbocycles. The summed E-state index contributed by atoms with van der Waals surface area (Å²) < 4.78 is 56.5. The molecule has 0 N–H and O–H groups in total. The average Bonchev–Trinajstić information content (AvgIpc) is 2.92. The van der Waals surface area contributed by atoms with Gasteiger partial charge in [-0.2, -0.15) is 0 Å². The van der Waals surface area contributed by atoms with Crippen molar-refractivity contribution < 1.29 is 38.6 Å². The van der Waals surface area contributed by atoms with Crippen molar-refractivity contribution in [2.75, 3.05) is 0 Å². The van der Waals surface area contributed by atoms with Crippen molar-refractivity contribution in [3.05, 3.63) is 131 Å². The number of hydrogen-bond donors (Lipinski definition) is 0. The summed E-state index contributed by atoms with van der Waals surface area (Å²) in [4.78, 5) is 16.1. The van der Waals surface area contributed by atoms with E-state index in [1.807, 2.05) is 0 Å². The topological polar surface area (TPSA) is 51.6 Å². The minimum Gasteiger partial charge on any atom is -0.300 e. The van der Waals surface area contributed by atoms with Crippen LogP contribution in [0.15, 0.2) is 66.7 Å². The zero-order valence-electron chi connectivity index (χ0n) is 25.0. The molecular formula is C35H30F4N4Pt. The molecule has 0 aliphatic heterocycles. The summed E-state index contributed by atoms with van der Waals surface area (Å²) in [5, 5.41) is 0. The normalized spacial score (nSPS) is 11.9. The number of pyridine rings is 4. The van der Waals surface area contributed by atoms with Crippen LogP contribution >= 0.6 is 0 Å². The summed E-state index contributed by atoms with van der Waals surface area (Å²) in [6.07, 6.45) is 0. The van der Waals surface area contributed by atoms with Crippen LogP contribution in [-0.2, 0) is 31.9 Å². The Bertz CT molecular complexity index is 1690. The summed E-state index contributed by atoms with van der Waals surface area (Å²) in [7, 11) is 0. The van der Waals surface area contributed by atoms with Gasteiger partial charge in [0.1, 0.15) is 23.8 Å². The van der Waals surface area contributed by atoms with Gasteiger partial charge in [0.25, 0.3) is 0 Å². The fourth-order valence-corrected chi connectivity index (χ4v) is 4.79. The molecule has 0 aliphatic carbocycles. The van der Waals surface area contributed by atoms with Gasteiger partial charge in [-0.1, -0.05) is 107 Å². The van der Waals surface area contributed by atoms with Gasteiger partial charge in [-0.3, -0.25) is 9.97 Å². The maximum Gasteiger partial charge on any atom is 2.00 e. The predicted octanol–water partition coefficient (Wildman–Crippen LogP) is 8.53. The SMILES string of the molecule is CC(C)(C)c1cc(C(c2cccc(-c3[c-]cc(F)nc3F)n2)c2cccc(-c3[c-]cc(F)nc3F)n2)cc(C(C)(C)C)c1.[Pt+2]. The number of rotatable bonds is 5. The molecule has 4 heterocycles. The third-order valence-corrected chi connectivity index (χ3v) is 7.16. The fraction of sp³-hybridized carbons (Fsp3) is 0.257. The molecule has 4 aromatic heterocycles. The van der Waals surface area contributed by atoms with Crippen LogP contribution in [0.2, 0.25) is 0 Å². The number of nitrogens with zero attached hydrogens (tertiary/aromatic N) is 4. The standard InChI is InChI=1S/C35H30F4N4.Pt/c1-34(2,3)21-17-20(18-22(19-21)35(4,5)6)31(27-11-7-9-25(40-27)23-13-15-29(36)42-32(23)38)28-12-8-10-26(41-28)24-14-16-30(37)43-33(24)39;/h7-12,15-19,31H,1-6H3;/q-2;+2. The molecule has 9 heteroatoms. The number of benzene rings is 1. The minimum atomic E-state index is -1.03. The molecule has 0 bridgehead atoms. The molecule has 5 rings (SSSR count). The van der Waals surface area contributed by atoms with Gasteiger partial charge in [0, 0.05) is 11.4 Å². The van der Waals surface area contributed by atoms with Crippen molar-refractivity contribution in [2.24, 2.45) is 0 Å². The van der Waals surface area contributed by atoms with E-state index in [1.165, 1.54) is 0 Å². The van der Waals surface area contributed by atoms with E-state index in [0.29, 0.717) is 11.4 Å². The Kier molecular flexibility index (Phi) is 9.55. The Morgan fingerprint density at radius 2 is 1.00 bits per heavy atom. The Balaban J connectivity index is 0.00000442. The summed E-state index contributed by atoms with van der Waals surface area (Å²) >= 11 is 0. The van der Waals surface area contributed by atoms with Crippen LogP contribution in [0.25, 0.3) is 22.5 Å². The van der Waals surface area contributed by atoms with Crippen LogP contribution in [0, 0.1) is 35.9 Å². The molecule has 0 unspecified atom stereocenters. The molecular weight excluding hydrogens is 747 g/mol. The molecule has 0 amide bonds. The first-order valence-corrected chi connectivity index (χ1v) is 13.8. The number of aromatic nitrogens is 4. The van der Waals surface area contributed by atoms with Gasteiger partial charge in [-0.25, -0.2) is 17.6 Å². The fourth-order valence-electron chi connectivity index (χ4n) is 4.79. The molecule has 0 atom stereocenters. The van der Waals surface area contributed by atoms with E-state index < -0.39 is 29.7 Å². The zero-order valence-corrected chi connectivity index (χ0v) is 27.3. The van der Waals surface area contributed by atoms with Crippen molar-refractivity contribution in [1.82, 2.24) is 19.9 Å². The van der Waals surface area contributed by atoms with Crippen molar-refractivity contribution in [2.45, 2.75) is 58.3 Å². The second kappa shape index (κ2) is 12.7. The van der Waals surface area contributed by atoms with E-state index in [1.54, 1.807) is 36.4 Å². The van der Waals surface area contributed by atoms with E-state index in [-0.39, 0.29) is 54.4 Å². The van der Waals surface area contributed by atoms with Gasteiger partial charge in [0.2, 0.25) is 0 Å². The van der Waals surface area contributed by atoms with E-state index in [2.05, 4.69) is 81.8 Å². The Morgan fingerprint density at radius 1 is 0.591 bits per heavy atom. The smallest absolute Gasteiger partial charge is 0.300 e. The van der Waals surface area contributed by atoms with Gasteiger partial charge in [0.05, 0.1) is 5.92 Å². The van der Waals surface area contributed by atoms with E-state index in [0.717, 1.165) is 28.8 Å². The first-order valence-electron chi connectivity index (χ1n) is 13.8. The summed E-state index contributed by atoms with van der Waals surface area (Å²) in [5.41, 5.74) is 4.00. The van der Waals surface area contributed by atoms with Crippen molar-refractivity contribution in [3.63, 3.8) is 0 Å². The van der Waals surface area contributed by atoms with Crippen LogP contribution in [0.1, 0.15) is 75.5 Å². The second-order valence-corrected chi connectivity index (χ2v) is 12.5. The quantitative estimate of drug-likeness (QED) is 0.102. The van der Waals surface area contributed by atoms with Gasteiger partial charge in [0.15, 0.2) is 0 Å². The van der Waals surface area contributed by atoms with Crippen molar-refractivity contribution >= 4 is 0 Å². The third kappa shape index (κ3) is 7.13. The van der Waals surface area contributed by atoms with E-state index >= 15 is 0 Å². The zero-order chi connectivity index (χ0) is 31.1. The molecule has 44 heavy (non-hydrogen) atoms. The largest absolute Gasteiger partial charge is 2.00 e. The third-order valence-electron chi connectivity index (χ3n) is 7.16. The van der Waals surface area contributed by atoms with Crippen LogP contribution in [0.5, 0.6) is 0 Å². The molecule has 0 aliphatic rings. The van der Waals surface area contributed by atoms with Crippen LogP contribution in [0.3, 0.4) is 0 Å². The van der Waals surface area contributed by atoms with Crippen molar-refractivity contribution in [3.8, 4) is 22.5 Å². The van der Waals surface area contributed by atoms with Gasteiger partial charge < -0.3 is 9.97 Å².